The highest BCUT2D eigenvalue weighted by molar-refractivity contribution is 5.83. The molecule has 0 aliphatic carbocycles. The van der Waals surface area contributed by atoms with Crippen molar-refractivity contribution in [2.75, 3.05) is 5.73 Å². The Bertz CT molecular complexity index is 333. The van der Waals surface area contributed by atoms with Gasteiger partial charge in [-0.3, -0.25) is 4.79 Å². The van der Waals surface area contributed by atoms with Crippen molar-refractivity contribution in [3.8, 4) is 0 Å². The van der Waals surface area contributed by atoms with Gasteiger partial charge in [0.1, 0.15) is 5.78 Å². The first kappa shape index (κ1) is 11.8. The second kappa shape index (κ2) is 5.54. The molecule has 2 nitrogen and oxygen atoms in total. The van der Waals surface area contributed by atoms with Gasteiger partial charge >= 0.3 is 0 Å². The van der Waals surface area contributed by atoms with E-state index in [2.05, 4.69) is 6.92 Å². The highest BCUT2D eigenvalue weighted by Crippen LogP contribution is 2.13. The SMILES string of the molecule is CCCC(C)C(=O)Cc1cccc(N)c1. The van der Waals surface area contributed by atoms with Crippen molar-refractivity contribution in [1.29, 1.82) is 0 Å². The van der Waals surface area contributed by atoms with Crippen LogP contribution in [-0.4, -0.2) is 5.78 Å². The number of benzene rings is 1. The Morgan fingerprint density at radius 1 is 1.47 bits per heavy atom. The maximum atomic E-state index is 11.8. The zero-order valence-corrected chi connectivity index (χ0v) is 9.49. The second-order valence-corrected chi connectivity index (χ2v) is 4.08. The lowest BCUT2D eigenvalue weighted by Gasteiger charge is -2.08. The molecule has 0 saturated carbocycles. The molecule has 0 heterocycles. The normalized spacial score (nSPS) is 12.4. The van der Waals surface area contributed by atoms with E-state index >= 15 is 0 Å². The minimum absolute atomic E-state index is 0.163. The first-order chi connectivity index (χ1) is 7.13. The van der Waals surface area contributed by atoms with E-state index in [-0.39, 0.29) is 5.92 Å². The first-order valence-electron chi connectivity index (χ1n) is 5.50. The van der Waals surface area contributed by atoms with Crippen LogP contribution in [0.4, 0.5) is 5.69 Å². The Hall–Kier alpha value is -1.31. The van der Waals surface area contributed by atoms with Crippen LogP contribution in [0.3, 0.4) is 0 Å². The average molecular weight is 205 g/mol. The van der Waals surface area contributed by atoms with Gasteiger partial charge in [0, 0.05) is 18.0 Å². The molecular weight excluding hydrogens is 186 g/mol. The molecule has 0 bridgehead atoms. The van der Waals surface area contributed by atoms with Crippen LogP contribution in [0, 0.1) is 5.92 Å². The van der Waals surface area contributed by atoms with Crippen molar-refractivity contribution in [2.45, 2.75) is 33.1 Å². The number of ketones is 1. The predicted octanol–water partition coefficient (Wildman–Crippen LogP) is 2.82. The number of nitrogens with two attached hydrogens (primary N) is 1. The Balaban J connectivity index is 2.58. The van der Waals surface area contributed by atoms with Gasteiger partial charge in [-0.15, -0.1) is 0 Å². The summed E-state index contributed by atoms with van der Waals surface area (Å²) in [5.41, 5.74) is 7.40. The van der Waals surface area contributed by atoms with Crippen molar-refractivity contribution >= 4 is 11.5 Å². The van der Waals surface area contributed by atoms with Gasteiger partial charge in [0.25, 0.3) is 0 Å². The maximum Gasteiger partial charge on any atom is 0.140 e. The topological polar surface area (TPSA) is 43.1 Å². The lowest BCUT2D eigenvalue weighted by molar-refractivity contribution is -0.121. The zero-order chi connectivity index (χ0) is 11.3. The summed E-state index contributed by atoms with van der Waals surface area (Å²) in [6.07, 6.45) is 2.54. The van der Waals surface area contributed by atoms with E-state index < -0.39 is 0 Å². The van der Waals surface area contributed by atoms with E-state index in [0.717, 1.165) is 24.1 Å². The van der Waals surface area contributed by atoms with Crippen LogP contribution in [0.2, 0.25) is 0 Å². The molecular formula is C13H19NO. The average Bonchev–Trinajstić information content (AvgIpc) is 2.18. The van der Waals surface area contributed by atoms with Crippen LogP contribution in [-0.2, 0) is 11.2 Å². The van der Waals surface area contributed by atoms with Crippen LogP contribution >= 0.6 is 0 Å². The first-order valence-corrected chi connectivity index (χ1v) is 5.50. The summed E-state index contributed by atoms with van der Waals surface area (Å²) in [6, 6.07) is 7.55. The fourth-order valence-electron chi connectivity index (χ4n) is 1.67. The van der Waals surface area contributed by atoms with E-state index in [1.807, 2.05) is 31.2 Å². The summed E-state index contributed by atoms with van der Waals surface area (Å²) in [7, 11) is 0. The minimum atomic E-state index is 0.163. The predicted molar refractivity (Wildman–Crippen MR) is 63.6 cm³/mol. The van der Waals surface area contributed by atoms with Gasteiger partial charge in [-0.2, -0.15) is 0 Å². The molecule has 1 unspecified atom stereocenters. The standard InChI is InChI=1S/C13H19NO/c1-3-5-10(2)13(15)9-11-6-4-7-12(14)8-11/h4,6-8,10H,3,5,9,14H2,1-2H3. The highest BCUT2D eigenvalue weighted by atomic mass is 16.1. The van der Waals surface area contributed by atoms with Gasteiger partial charge in [-0.1, -0.05) is 32.4 Å². The Kier molecular flexibility index (Phi) is 4.35. The van der Waals surface area contributed by atoms with Crippen LogP contribution in [0.15, 0.2) is 24.3 Å². The van der Waals surface area contributed by atoms with Gasteiger partial charge in [-0.05, 0) is 24.1 Å². The summed E-state index contributed by atoms with van der Waals surface area (Å²) < 4.78 is 0. The molecule has 1 rings (SSSR count). The molecule has 82 valence electrons. The molecule has 0 aliphatic rings. The summed E-state index contributed by atoms with van der Waals surface area (Å²) >= 11 is 0. The van der Waals surface area contributed by atoms with Crippen molar-refractivity contribution in [3.05, 3.63) is 29.8 Å². The van der Waals surface area contributed by atoms with Gasteiger partial charge in [0.05, 0.1) is 0 Å². The molecule has 1 aromatic carbocycles. The third kappa shape index (κ3) is 3.74. The Labute approximate surface area is 91.5 Å². The zero-order valence-electron chi connectivity index (χ0n) is 9.49. The van der Waals surface area contributed by atoms with Crippen molar-refractivity contribution in [1.82, 2.24) is 0 Å². The molecule has 2 heteroatoms. The largest absolute Gasteiger partial charge is 0.399 e. The number of carbonyl (C=O) groups excluding carboxylic acids is 1. The van der Waals surface area contributed by atoms with Gasteiger partial charge in [0.2, 0.25) is 0 Å². The molecule has 0 radical (unpaired) electrons. The number of hydrogen-bond donors (Lipinski definition) is 1. The monoisotopic (exact) mass is 205 g/mol. The van der Waals surface area contributed by atoms with E-state index in [1.54, 1.807) is 0 Å². The van der Waals surface area contributed by atoms with Gasteiger partial charge in [-0.25, -0.2) is 0 Å². The van der Waals surface area contributed by atoms with Gasteiger partial charge in [0.15, 0.2) is 0 Å². The van der Waals surface area contributed by atoms with Crippen molar-refractivity contribution < 1.29 is 4.79 Å². The molecule has 1 atom stereocenters. The molecule has 15 heavy (non-hydrogen) atoms. The number of carbonyl (C=O) groups is 1. The fraction of sp³-hybridized carbons (Fsp3) is 0.462. The number of anilines is 1. The van der Waals surface area contributed by atoms with E-state index in [1.165, 1.54) is 0 Å². The van der Waals surface area contributed by atoms with Crippen LogP contribution in [0.5, 0.6) is 0 Å². The summed E-state index contributed by atoms with van der Waals surface area (Å²) in [6.45, 7) is 4.10. The quantitative estimate of drug-likeness (QED) is 0.751. The van der Waals surface area contributed by atoms with Crippen LogP contribution in [0.25, 0.3) is 0 Å². The Morgan fingerprint density at radius 3 is 2.80 bits per heavy atom. The summed E-state index contributed by atoms with van der Waals surface area (Å²) in [4.78, 5) is 11.8. The van der Waals surface area contributed by atoms with E-state index in [9.17, 15) is 4.79 Å². The molecule has 0 spiro atoms. The second-order valence-electron chi connectivity index (χ2n) is 4.08. The molecule has 2 N–H and O–H groups in total. The third-order valence-corrected chi connectivity index (χ3v) is 2.60. The summed E-state index contributed by atoms with van der Waals surface area (Å²) in [5.74, 6) is 0.471. The third-order valence-electron chi connectivity index (χ3n) is 2.60. The van der Waals surface area contributed by atoms with E-state index in [0.29, 0.717) is 12.2 Å². The maximum absolute atomic E-state index is 11.8. The highest BCUT2D eigenvalue weighted by Gasteiger charge is 2.12. The van der Waals surface area contributed by atoms with E-state index in [4.69, 9.17) is 5.73 Å². The number of Topliss-reactive ketones (excluding diaryl/α,β-unsaturated/α-hetero) is 1. The molecule has 0 aromatic heterocycles. The number of hydrogen-bond acceptors (Lipinski definition) is 2. The number of nitrogen functional groups attached to an aromatic ring is 1. The molecule has 0 amide bonds. The lowest BCUT2D eigenvalue weighted by atomic mass is 9.95. The Morgan fingerprint density at radius 2 is 2.20 bits per heavy atom. The minimum Gasteiger partial charge on any atom is -0.399 e. The molecule has 0 aliphatic heterocycles. The summed E-state index contributed by atoms with van der Waals surface area (Å²) in [5, 5.41) is 0. The fourth-order valence-corrected chi connectivity index (χ4v) is 1.67. The lowest BCUT2D eigenvalue weighted by Crippen LogP contribution is -2.13. The van der Waals surface area contributed by atoms with Gasteiger partial charge < -0.3 is 5.73 Å². The smallest absolute Gasteiger partial charge is 0.140 e. The molecule has 0 saturated heterocycles. The van der Waals surface area contributed by atoms with Crippen LogP contribution < -0.4 is 5.73 Å². The van der Waals surface area contributed by atoms with Crippen LogP contribution in [0.1, 0.15) is 32.3 Å². The number of rotatable bonds is 5. The van der Waals surface area contributed by atoms with Crippen molar-refractivity contribution in [2.24, 2.45) is 5.92 Å². The van der Waals surface area contributed by atoms with Crippen molar-refractivity contribution in [3.63, 3.8) is 0 Å². The molecule has 0 fully saturated rings. The molecule has 1 aromatic rings.